The summed E-state index contributed by atoms with van der Waals surface area (Å²) in [6, 6.07) is 10.6. The van der Waals surface area contributed by atoms with E-state index in [2.05, 4.69) is 15.6 Å². The smallest absolute Gasteiger partial charge is 0.319 e. The summed E-state index contributed by atoms with van der Waals surface area (Å²) in [7, 11) is 0. The number of carbonyl (C=O) groups is 1. The SMILES string of the molecule is O=C(Nc1ccc(Cl)cc1)NC(c1cccnc1)C1CCOCC1. The van der Waals surface area contributed by atoms with Crippen LogP contribution in [0.5, 0.6) is 0 Å². The van der Waals surface area contributed by atoms with Gasteiger partial charge in [-0.3, -0.25) is 4.98 Å². The van der Waals surface area contributed by atoms with Gasteiger partial charge in [-0.2, -0.15) is 0 Å². The number of hydrogen-bond donors (Lipinski definition) is 2. The molecule has 1 aliphatic heterocycles. The number of ether oxygens (including phenoxy) is 1. The van der Waals surface area contributed by atoms with Crippen molar-refractivity contribution in [3.8, 4) is 0 Å². The van der Waals surface area contributed by atoms with Crippen molar-refractivity contribution in [2.45, 2.75) is 18.9 Å². The number of nitrogens with one attached hydrogen (secondary N) is 2. The van der Waals surface area contributed by atoms with E-state index in [1.54, 1.807) is 30.5 Å². The Balaban J connectivity index is 1.71. The van der Waals surface area contributed by atoms with Gasteiger partial charge >= 0.3 is 6.03 Å². The van der Waals surface area contributed by atoms with Gasteiger partial charge in [0.1, 0.15) is 0 Å². The zero-order valence-electron chi connectivity index (χ0n) is 13.2. The highest BCUT2D eigenvalue weighted by Crippen LogP contribution is 2.29. The molecular formula is C18H20ClN3O2. The van der Waals surface area contributed by atoms with E-state index in [1.165, 1.54) is 0 Å². The number of nitrogens with zero attached hydrogens (tertiary/aromatic N) is 1. The molecule has 0 radical (unpaired) electrons. The zero-order valence-corrected chi connectivity index (χ0v) is 14.0. The third-order valence-electron chi connectivity index (χ3n) is 4.17. The number of rotatable bonds is 4. The predicted octanol–water partition coefficient (Wildman–Crippen LogP) is 4.02. The summed E-state index contributed by atoms with van der Waals surface area (Å²) < 4.78 is 5.44. The number of anilines is 1. The maximum atomic E-state index is 12.4. The third-order valence-corrected chi connectivity index (χ3v) is 4.42. The van der Waals surface area contributed by atoms with Crippen molar-refractivity contribution < 1.29 is 9.53 Å². The molecule has 1 aromatic heterocycles. The fourth-order valence-corrected chi connectivity index (χ4v) is 3.05. The van der Waals surface area contributed by atoms with Gasteiger partial charge in [0.05, 0.1) is 6.04 Å². The number of halogens is 1. The normalized spacial score (nSPS) is 16.4. The van der Waals surface area contributed by atoms with Crippen LogP contribution < -0.4 is 10.6 Å². The number of benzene rings is 1. The first-order valence-corrected chi connectivity index (χ1v) is 8.41. The quantitative estimate of drug-likeness (QED) is 0.879. The first kappa shape index (κ1) is 16.7. The van der Waals surface area contributed by atoms with Crippen molar-refractivity contribution in [3.05, 3.63) is 59.4 Å². The van der Waals surface area contributed by atoms with Crippen LogP contribution in [0.1, 0.15) is 24.4 Å². The highest BCUT2D eigenvalue weighted by molar-refractivity contribution is 6.30. The average Bonchev–Trinajstić information content (AvgIpc) is 2.63. The molecule has 5 nitrogen and oxygen atoms in total. The molecule has 2 heterocycles. The highest BCUT2D eigenvalue weighted by atomic mass is 35.5. The molecule has 2 N–H and O–H groups in total. The van der Waals surface area contributed by atoms with Crippen LogP contribution in [0.4, 0.5) is 10.5 Å². The number of hydrogen-bond acceptors (Lipinski definition) is 3. The van der Waals surface area contributed by atoms with E-state index in [-0.39, 0.29) is 12.1 Å². The Morgan fingerprint density at radius 3 is 2.62 bits per heavy atom. The molecule has 126 valence electrons. The van der Waals surface area contributed by atoms with Gasteiger partial charge < -0.3 is 15.4 Å². The number of urea groups is 1. The molecule has 2 amide bonds. The monoisotopic (exact) mass is 345 g/mol. The van der Waals surface area contributed by atoms with Gasteiger partial charge in [0.15, 0.2) is 0 Å². The molecule has 1 fully saturated rings. The van der Waals surface area contributed by atoms with Crippen molar-refractivity contribution in [2.75, 3.05) is 18.5 Å². The Kier molecular flexibility index (Phi) is 5.67. The number of aromatic nitrogens is 1. The van der Waals surface area contributed by atoms with Crippen LogP contribution in [-0.2, 0) is 4.74 Å². The lowest BCUT2D eigenvalue weighted by molar-refractivity contribution is 0.0550. The van der Waals surface area contributed by atoms with Gasteiger partial charge in [0, 0.05) is 36.3 Å². The van der Waals surface area contributed by atoms with E-state index < -0.39 is 0 Å². The Morgan fingerprint density at radius 2 is 1.96 bits per heavy atom. The van der Waals surface area contributed by atoms with Gasteiger partial charge in [-0.25, -0.2) is 4.79 Å². The molecule has 1 saturated heterocycles. The van der Waals surface area contributed by atoms with Gasteiger partial charge in [0.25, 0.3) is 0 Å². The standard InChI is InChI=1S/C18H20ClN3O2/c19-15-3-5-16(6-4-15)21-18(23)22-17(13-7-10-24-11-8-13)14-2-1-9-20-12-14/h1-6,9,12-13,17H,7-8,10-11H2,(H2,21,22,23). The van der Waals surface area contributed by atoms with E-state index in [9.17, 15) is 4.79 Å². The molecule has 1 atom stereocenters. The molecule has 3 rings (SSSR count). The largest absolute Gasteiger partial charge is 0.381 e. The van der Waals surface area contributed by atoms with Crippen molar-refractivity contribution in [1.82, 2.24) is 10.3 Å². The van der Waals surface area contributed by atoms with Gasteiger partial charge in [-0.05, 0) is 54.7 Å². The van der Waals surface area contributed by atoms with Gasteiger partial charge in [0.2, 0.25) is 0 Å². The minimum Gasteiger partial charge on any atom is -0.381 e. The fourth-order valence-electron chi connectivity index (χ4n) is 2.92. The molecule has 24 heavy (non-hydrogen) atoms. The summed E-state index contributed by atoms with van der Waals surface area (Å²) in [5.41, 5.74) is 1.71. The van der Waals surface area contributed by atoms with Crippen LogP contribution in [0, 0.1) is 5.92 Å². The molecule has 0 bridgehead atoms. The highest BCUT2D eigenvalue weighted by Gasteiger charge is 2.27. The van der Waals surface area contributed by atoms with E-state index in [0.717, 1.165) is 31.6 Å². The minimum absolute atomic E-state index is 0.0881. The topological polar surface area (TPSA) is 63.2 Å². The maximum absolute atomic E-state index is 12.4. The van der Waals surface area contributed by atoms with E-state index in [1.807, 2.05) is 18.3 Å². The van der Waals surface area contributed by atoms with Crippen LogP contribution in [0.25, 0.3) is 0 Å². The Morgan fingerprint density at radius 1 is 1.21 bits per heavy atom. The van der Waals surface area contributed by atoms with Gasteiger partial charge in [-0.1, -0.05) is 17.7 Å². The molecule has 1 aliphatic rings. The summed E-state index contributed by atoms with van der Waals surface area (Å²) >= 11 is 5.87. The Hall–Kier alpha value is -2.11. The first-order valence-electron chi connectivity index (χ1n) is 8.03. The lowest BCUT2D eigenvalue weighted by atomic mass is 9.88. The van der Waals surface area contributed by atoms with Gasteiger partial charge in [-0.15, -0.1) is 0 Å². The molecule has 1 aromatic carbocycles. The molecule has 6 heteroatoms. The van der Waals surface area contributed by atoms with Crippen molar-refractivity contribution >= 4 is 23.3 Å². The summed E-state index contributed by atoms with van der Waals surface area (Å²) in [6.45, 7) is 1.45. The van der Waals surface area contributed by atoms with Crippen molar-refractivity contribution in [1.29, 1.82) is 0 Å². The van der Waals surface area contributed by atoms with Crippen LogP contribution in [0.2, 0.25) is 5.02 Å². The molecule has 1 unspecified atom stereocenters. The first-order chi connectivity index (χ1) is 11.7. The van der Waals surface area contributed by atoms with Crippen LogP contribution in [0.15, 0.2) is 48.8 Å². The van der Waals surface area contributed by atoms with Crippen LogP contribution in [0.3, 0.4) is 0 Å². The zero-order chi connectivity index (χ0) is 16.8. The van der Waals surface area contributed by atoms with Crippen LogP contribution in [-0.4, -0.2) is 24.2 Å². The third kappa shape index (κ3) is 4.46. The molecule has 2 aromatic rings. The molecular weight excluding hydrogens is 326 g/mol. The molecule has 0 saturated carbocycles. The van der Waals surface area contributed by atoms with Crippen molar-refractivity contribution in [2.24, 2.45) is 5.92 Å². The second kappa shape index (κ2) is 8.13. The Labute approximate surface area is 146 Å². The second-order valence-corrected chi connectivity index (χ2v) is 6.26. The summed E-state index contributed by atoms with van der Waals surface area (Å²) in [5, 5.41) is 6.57. The second-order valence-electron chi connectivity index (χ2n) is 5.82. The predicted molar refractivity (Wildman–Crippen MR) is 94.1 cm³/mol. The minimum atomic E-state index is -0.238. The Bertz CT molecular complexity index is 658. The lowest BCUT2D eigenvalue weighted by Gasteiger charge is -2.31. The molecule has 0 aliphatic carbocycles. The van der Waals surface area contributed by atoms with Crippen molar-refractivity contribution in [3.63, 3.8) is 0 Å². The number of carbonyl (C=O) groups excluding carboxylic acids is 1. The maximum Gasteiger partial charge on any atom is 0.319 e. The lowest BCUT2D eigenvalue weighted by Crippen LogP contribution is -2.38. The van der Waals surface area contributed by atoms with E-state index in [0.29, 0.717) is 16.6 Å². The summed E-state index contributed by atoms with van der Waals surface area (Å²) in [4.78, 5) is 16.6. The number of amides is 2. The van der Waals surface area contributed by atoms with Crippen LogP contribution >= 0.6 is 11.6 Å². The van der Waals surface area contributed by atoms with E-state index in [4.69, 9.17) is 16.3 Å². The van der Waals surface area contributed by atoms with E-state index >= 15 is 0 Å². The summed E-state index contributed by atoms with van der Waals surface area (Å²) in [5.74, 6) is 0.332. The number of pyridine rings is 1. The fraction of sp³-hybridized carbons (Fsp3) is 0.333. The molecule has 0 spiro atoms. The summed E-state index contributed by atoms with van der Waals surface area (Å²) in [6.07, 6.45) is 5.38. The average molecular weight is 346 g/mol.